The third kappa shape index (κ3) is 2.54. The average Bonchev–Trinajstić information content (AvgIpc) is 2.77. The number of nitrogens with zero attached hydrogens (tertiary/aromatic N) is 1. The number of aromatic amines is 1. The van der Waals surface area contributed by atoms with Gasteiger partial charge in [0.05, 0.1) is 5.56 Å². The van der Waals surface area contributed by atoms with Crippen LogP contribution in [-0.2, 0) is 4.79 Å². The van der Waals surface area contributed by atoms with Crippen LogP contribution in [0.1, 0.15) is 17.3 Å². The van der Waals surface area contributed by atoms with Gasteiger partial charge in [-0.05, 0) is 18.2 Å². The van der Waals surface area contributed by atoms with Gasteiger partial charge in [0.1, 0.15) is 5.82 Å². The zero-order chi connectivity index (χ0) is 13.1. The van der Waals surface area contributed by atoms with Crippen molar-refractivity contribution in [3.8, 4) is 11.3 Å². The molecule has 2 aromatic rings. The van der Waals surface area contributed by atoms with Gasteiger partial charge in [-0.25, -0.2) is 9.78 Å². The minimum atomic E-state index is -0.992. The molecule has 0 atom stereocenters. The number of carboxylic acids is 1. The summed E-state index contributed by atoms with van der Waals surface area (Å²) >= 11 is 0. The molecule has 2 heterocycles. The van der Waals surface area contributed by atoms with Crippen LogP contribution in [0, 0.1) is 0 Å². The summed E-state index contributed by atoms with van der Waals surface area (Å²) in [5, 5.41) is 11.4. The standard InChI is InChI=1S/C12H11N3O3/c1-7(16)15-11-5-8(2-3-13-11)10-4-9(6-14-10)12(17)18/h2-6,14H,1H3,(H,17,18)(H,13,15,16). The molecule has 0 bridgehead atoms. The molecular formula is C12H11N3O3. The van der Waals surface area contributed by atoms with Gasteiger partial charge in [-0.2, -0.15) is 0 Å². The number of pyridine rings is 1. The Labute approximate surface area is 103 Å². The second-order valence-electron chi connectivity index (χ2n) is 3.72. The predicted molar refractivity (Wildman–Crippen MR) is 65.3 cm³/mol. The maximum absolute atomic E-state index is 10.9. The van der Waals surface area contributed by atoms with Gasteiger partial charge in [0.15, 0.2) is 0 Å². The number of anilines is 1. The largest absolute Gasteiger partial charge is 0.478 e. The van der Waals surface area contributed by atoms with E-state index in [1.165, 1.54) is 19.2 Å². The highest BCUT2D eigenvalue weighted by atomic mass is 16.4. The third-order valence-corrected chi connectivity index (χ3v) is 2.31. The second kappa shape index (κ2) is 4.70. The molecule has 2 aromatic heterocycles. The zero-order valence-electron chi connectivity index (χ0n) is 9.60. The molecular weight excluding hydrogens is 234 g/mol. The molecule has 2 rings (SSSR count). The van der Waals surface area contributed by atoms with E-state index in [4.69, 9.17) is 5.11 Å². The van der Waals surface area contributed by atoms with Crippen molar-refractivity contribution in [2.24, 2.45) is 0 Å². The summed E-state index contributed by atoms with van der Waals surface area (Å²) in [4.78, 5) is 28.5. The lowest BCUT2D eigenvalue weighted by Crippen LogP contribution is -2.07. The minimum Gasteiger partial charge on any atom is -0.478 e. The van der Waals surface area contributed by atoms with Crippen LogP contribution < -0.4 is 5.32 Å². The average molecular weight is 245 g/mol. The van der Waals surface area contributed by atoms with E-state index in [9.17, 15) is 9.59 Å². The minimum absolute atomic E-state index is 0.183. The highest BCUT2D eigenvalue weighted by molar-refractivity contribution is 5.90. The molecule has 6 nitrogen and oxygen atoms in total. The molecule has 0 saturated heterocycles. The van der Waals surface area contributed by atoms with Gasteiger partial charge in [-0.1, -0.05) is 0 Å². The highest BCUT2D eigenvalue weighted by Crippen LogP contribution is 2.20. The van der Waals surface area contributed by atoms with Gasteiger partial charge in [0.25, 0.3) is 0 Å². The van der Waals surface area contributed by atoms with Crippen LogP contribution >= 0.6 is 0 Å². The van der Waals surface area contributed by atoms with Crippen molar-refractivity contribution in [2.45, 2.75) is 6.92 Å². The molecule has 0 aliphatic carbocycles. The molecule has 6 heteroatoms. The molecule has 0 aromatic carbocycles. The van der Waals surface area contributed by atoms with Crippen LogP contribution in [0.2, 0.25) is 0 Å². The third-order valence-electron chi connectivity index (χ3n) is 2.31. The van der Waals surface area contributed by atoms with Crippen molar-refractivity contribution in [1.82, 2.24) is 9.97 Å². The van der Waals surface area contributed by atoms with Crippen molar-refractivity contribution in [3.05, 3.63) is 36.2 Å². The Balaban J connectivity index is 2.32. The zero-order valence-corrected chi connectivity index (χ0v) is 9.60. The number of aromatic carboxylic acids is 1. The van der Waals surface area contributed by atoms with Gasteiger partial charge in [0.2, 0.25) is 5.91 Å². The Hall–Kier alpha value is -2.63. The van der Waals surface area contributed by atoms with Crippen LogP contribution in [0.3, 0.4) is 0 Å². The monoisotopic (exact) mass is 245 g/mol. The summed E-state index contributed by atoms with van der Waals surface area (Å²) in [6.07, 6.45) is 2.96. The van der Waals surface area contributed by atoms with Crippen molar-refractivity contribution in [1.29, 1.82) is 0 Å². The topological polar surface area (TPSA) is 95.1 Å². The first-order chi connectivity index (χ1) is 8.56. The van der Waals surface area contributed by atoms with E-state index in [-0.39, 0.29) is 11.5 Å². The van der Waals surface area contributed by atoms with Gasteiger partial charge < -0.3 is 15.4 Å². The first-order valence-electron chi connectivity index (χ1n) is 5.22. The summed E-state index contributed by atoms with van der Waals surface area (Å²) in [5.74, 6) is -0.780. The van der Waals surface area contributed by atoms with Crippen LogP contribution in [0.4, 0.5) is 5.82 Å². The number of hydrogen-bond donors (Lipinski definition) is 3. The number of amides is 1. The maximum Gasteiger partial charge on any atom is 0.337 e. The lowest BCUT2D eigenvalue weighted by atomic mass is 10.2. The highest BCUT2D eigenvalue weighted by Gasteiger charge is 2.08. The molecule has 92 valence electrons. The number of nitrogens with one attached hydrogen (secondary N) is 2. The Kier molecular flexibility index (Phi) is 3.09. The summed E-state index contributed by atoms with van der Waals surface area (Å²) in [6, 6.07) is 4.91. The number of carboxylic acid groups (broad SMARTS) is 1. The molecule has 0 aliphatic rings. The van der Waals surface area contributed by atoms with Crippen LogP contribution in [0.15, 0.2) is 30.6 Å². The fourth-order valence-corrected chi connectivity index (χ4v) is 1.53. The number of H-pyrrole nitrogens is 1. The fraction of sp³-hybridized carbons (Fsp3) is 0.0833. The number of hydrogen-bond acceptors (Lipinski definition) is 3. The van der Waals surface area contributed by atoms with Gasteiger partial charge in [-0.3, -0.25) is 4.79 Å². The number of rotatable bonds is 3. The molecule has 18 heavy (non-hydrogen) atoms. The summed E-state index contributed by atoms with van der Waals surface area (Å²) in [5.41, 5.74) is 1.59. The van der Waals surface area contributed by atoms with Crippen molar-refractivity contribution in [2.75, 3.05) is 5.32 Å². The molecule has 0 unspecified atom stereocenters. The Morgan fingerprint density at radius 3 is 2.78 bits per heavy atom. The second-order valence-corrected chi connectivity index (χ2v) is 3.72. The Morgan fingerprint density at radius 1 is 1.39 bits per heavy atom. The molecule has 3 N–H and O–H groups in total. The van der Waals surface area contributed by atoms with E-state index in [1.807, 2.05) is 0 Å². The van der Waals surface area contributed by atoms with Crippen molar-refractivity contribution < 1.29 is 14.7 Å². The first-order valence-corrected chi connectivity index (χ1v) is 5.22. The molecule has 0 radical (unpaired) electrons. The van der Waals surface area contributed by atoms with Gasteiger partial charge in [-0.15, -0.1) is 0 Å². The van der Waals surface area contributed by atoms with E-state index < -0.39 is 5.97 Å². The van der Waals surface area contributed by atoms with Crippen LogP contribution in [-0.4, -0.2) is 27.0 Å². The van der Waals surface area contributed by atoms with E-state index in [0.29, 0.717) is 11.5 Å². The van der Waals surface area contributed by atoms with Crippen molar-refractivity contribution in [3.63, 3.8) is 0 Å². The normalized spacial score (nSPS) is 10.1. The van der Waals surface area contributed by atoms with Crippen molar-refractivity contribution >= 4 is 17.7 Å². The van der Waals surface area contributed by atoms with E-state index in [0.717, 1.165) is 5.56 Å². The summed E-state index contributed by atoms with van der Waals surface area (Å²) in [7, 11) is 0. The van der Waals surface area contributed by atoms with Gasteiger partial charge in [0, 0.05) is 30.6 Å². The number of aromatic nitrogens is 2. The Bertz CT molecular complexity index is 604. The number of carbonyl (C=O) groups excluding carboxylic acids is 1. The predicted octanol–water partition coefficient (Wildman–Crippen LogP) is 1.73. The fourth-order valence-electron chi connectivity index (χ4n) is 1.53. The lowest BCUT2D eigenvalue weighted by molar-refractivity contribution is -0.114. The van der Waals surface area contributed by atoms with E-state index in [2.05, 4.69) is 15.3 Å². The maximum atomic E-state index is 10.9. The molecule has 0 spiro atoms. The SMILES string of the molecule is CC(=O)Nc1cc(-c2cc(C(=O)O)c[nH]2)ccn1. The smallest absolute Gasteiger partial charge is 0.337 e. The Morgan fingerprint density at radius 2 is 2.17 bits per heavy atom. The van der Waals surface area contributed by atoms with Crippen LogP contribution in [0.5, 0.6) is 0 Å². The lowest BCUT2D eigenvalue weighted by Gasteiger charge is -2.03. The van der Waals surface area contributed by atoms with Crippen LogP contribution in [0.25, 0.3) is 11.3 Å². The summed E-state index contributed by atoms with van der Waals surface area (Å²) < 4.78 is 0. The number of carbonyl (C=O) groups is 2. The molecule has 0 aliphatic heterocycles. The molecule has 1 amide bonds. The quantitative estimate of drug-likeness (QED) is 0.767. The van der Waals surface area contributed by atoms with E-state index in [1.54, 1.807) is 18.3 Å². The summed E-state index contributed by atoms with van der Waals surface area (Å²) in [6.45, 7) is 1.39. The van der Waals surface area contributed by atoms with Gasteiger partial charge >= 0.3 is 5.97 Å². The molecule has 0 saturated carbocycles. The first kappa shape index (κ1) is 11.8. The van der Waals surface area contributed by atoms with E-state index >= 15 is 0 Å². The molecule has 0 fully saturated rings.